The summed E-state index contributed by atoms with van der Waals surface area (Å²) in [7, 11) is 0. The van der Waals surface area contributed by atoms with Crippen molar-refractivity contribution in [2.45, 2.75) is 24.8 Å². The highest BCUT2D eigenvalue weighted by molar-refractivity contribution is 5.37. The molecule has 24 heavy (non-hydrogen) atoms. The van der Waals surface area contributed by atoms with Crippen LogP contribution in [0, 0.1) is 0 Å². The number of para-hydroxylation sites is 1. The Balaban J connectivity index is 2.40. The van der Waals surface area contributed by atoms with E-state index in [4.69, 9.17) is 0 Å². The van der Waals surface area contributed by atoms with Crippen LogP contribution in [0.2, 0.25) is 0 Å². The molecule has 0 spiro atoms. The van der Waals surface area contributed by atoms with Gasteiger partial charge in [-0.3, -0.25) is 4.90 Å². The van der Waals surface area contributed by atoms with Gasteiger partial charge in [-0.1, -0.05) is 18.2 Å². The average Bonchev–Trinajstić information content (AvgIpc) is 2.48. The van der Waals surface area contributed by atoms with Gasteiger partial charge in [-0.15, -0.1) is 0 Å². The molecule has 1 N–H and O–H groups in total. The quantitative estimate of drug-likeness (QED) is 0.815. The lowest BCUT2D eigenvalue weighted by atomic mass is 10.0. The maximum Gasteiger partial charge on any atom is 0.461 e. The third-order valence-corrected chi connectivity index (χ3v) is 3.54. The van der Waals surface area contributed by atoms with Gasteiger partial charge in [0.25, 0.3) is 0 Å². The first-order valence-corrected chi connectivity index (χ1v) is 7.08. The second-order valence-electron chi connectivity index (χ2n) is 5.23. The molecule has 10 heteroatoms. The van der Waals surface area contributed by atoms with Gasteiger partial charge in [-0.25, -0.2) is 0 Å². The zero-order valence-electron chi connectivity index (χ0n) is 12.3. The Hall–Kier alpha value is -1.55. The van der Waals surface area contributed by atoms with E-state index in [1.165, 1.54) is 6.07 Å². The normalized spacial score (nSPS) is 18.7. The molecule has 0 radical (unpaired) electrons. The summed E-state index contributed by atoms with van der Waals surface area (Å²) in [5, 5.41) is 2.88. The highest BCUT2D eigenvalue weighted by atomic mass is 19.4. The van der Waals surface area contributed by atoms with Crippen LogP contribution >= 0.6 is 0 Å². The van der Waals surface area contributed by atoms with Gasteiger partial charge >= 0.3 is 18.7 Å². The summed E-state index contributed by atoms with van der Waals surface area (Å²) in [5.74, 6) is -0.913. The maximum atomic E-state index is 13.5. The summed E-state index contributed by atoms with van der Waals surface area (Å²) in [6.07, 6.45) is -13.8. The van der Waals surface area contributed by atoms with Crippen molar-refractivity contribution in [1.29, 1.82) is 0 Å². The molecule has 0 aromatic heterocycles. The molecule has 0 saturated carbocycles. The Labute approximate surface area is 133 Å². The molecule has 3 nitrogen and oxygen atoms in total. The third kappa shape index (κ3) is 4.29. The van der Waals surface area contributed by atoms with Crippen molar-refractivity contribution in [1.82, 2.24) is 10.2 Å². The monoisotopic (exact) mass is 360 g/mol. The summed E-state index contributed by atoms with van der Waals surface area (Å²) in [5.41, 5.74) is -0.618. The van der Waals surface area contributed by atoms with E-state index in [-0.39, 0.29) is 13.1 Å². The number of benzene rings is 1. The zero-order chi connectivity index (χ0) is 18.0. The first-order valence-electron chi connectivity index (χ1n) is 7.08. The number of ether oxygens (including phenoxy) is 1. The highest BCUT2D eigenvalue weighted by Crippen LogP contribution is 2.43. The Bertz CT molecular complexity index is 544. The topological polar surface area (TPSA) is 24.5 Å². The Morgan fingerprint density at radius 3 is 2.12 bits per heavy atom. The minimum Gasteiger partial charge on any atom is -0.428 e. The lowest BCUT2D eigenvalue weighted by Gasteiger charge is -2.37. The number of halogens is 7. The van der Waals surface area contributed by atoms with Crippen LogP contribution < -0.4 is 10.1 Å². The minimum atomic E-state index is -4.88. The molecule has 1 heterocycles. The van der Waals surface area contributed by atoms with Gasteiger partial charge in [-0.05, 0) is 6.07 Å². The number of nitrogens with zero attached hydrogens (tertiary/aromatic N) is 1. The van der Waals surface area contributed by atoms with E-state index >= 15 is 0 Å². The first kappa shape index (κ1) is 18.8. The van der Waals surface area contributed by atoms with E-state index in [0.29, 0.717) is 13.1 Å². The maximum absolute atomic E-state index is 13.5. The van der Waals surface area contributed by atoms with E-state index in [1.807, 2.05) is 0 Å². The van der Waals surface area contributed by atoms with Gasteiger partial charge < -0.3 is 10.1 Å². The van der Waals surface area contributed by atoms with Gasteiger partial charge in [0.05, 0.1) is 0 Å². The average molecular weight is 360 g/mol. The summed E-state index contributed by atoms with van der Waals surface area (Å²) >= 11 is 0. The van der Waals surface area contributed by atoms with Crippen LogP contribution in [-0.4, -0.2) is 49.8 Å². The third-order valence-electron chi connectivity index (χ3n) is 3.54. The predicted octanol–water partition coefficient (Wildman–Crippen LogP) is 3.43. The van der Waals surface area contributed by atoms with Crippen LogP contribution in [0.4, 0.5) is 30.7 Å². The molecular formula is C14H15F7N2O. The van der Waals surface area contributed by atoms with Crippen molar-refractivity contribution in [3.8, 4) is 5.75 Å². The van der Waals surface area contributed by atoms with Crippen LogP contribution in [0.25, 0.3) is 0 Å². The lowest BCUT2D eigenvalue weighted by Crippen LogP contribution is -2.49. The fraction of sp³-hybridized carbons (Fsp3) is 0.571. The van der Waals surface area contributed by atoms with Gasteiger partial charge in [0.2, 0.25) is 0 Å². The van der Waals surface area contributed by atoms with Crippen LogP contribution in [0.3, 0.4) is 0 Å². The highest BCUT2D eigenvalue weighted by Gasteiger charge is 2.49. The summed E-state index contributed by atoms with van der Waals surface area (Å²) in [4.78, 5) is 1.05. The summed E-state index contributed by atoms with van der Waals surface area (Å²) in [6, 6.07) is 1.92. The van der Waals surface area contributed by atoms with E-state index in [1.54, 1.807) is 0 Å². The van der Waals surface area contributed by atoms with Crippen LogP contribution in [-0.2, 0) is 0 Å². The largest absolute Gasteiger partial charge is 0.461 e. The van der Waals surface area contributed by atoms with Gasteiger partial charge in [-0.2, -0.15) is 30.7 Å². The second-order valence-corrected chi connectivity index (χ2v) is 5.23. The molecule has 0 aliphatic carbocycles. The molecule has 1 aromatic carbocycles. The molecular weight excluding hydrogens is 345 g/mol. The van der Waals surface area contributed by atoms with Crippen LogP contribution in [0.15, 0.2) is 24.3 Å². The fourth-order valence-corrected chi connectivity index (χ4v) is 2.51. The van der Waals surface area contributed by atoms with Crippen molar-refractivity contribution in [2.75, 3.05) is 26.2 Å². The van der Waals surface area contributed by atoms with Gasteiger partial charge in [0.1, 0.15) is 11.8 Å². The molecule has 1 aromatic rings. The smallest absolute Gasteiger partial charge is 0.428 e. The fourth-order valence-electron chi connectivity index (χ4n) is 2.51. The van der Waals surface area contributed by atoms with Crippen molar-refractivity contribution in [2.24, 2.45) is 0 Å². The lowest BCUT2D eigenvalue weighted by molar-refractivity contribution is -0.254. The SMILES string of the molecule is FC(F)C(F)(F)Oc1ccccc1[C@@H](N1CCNCC1)C(F)(F)F. The first-order chi connectivity index (χ1) is 11.1. The van der Waals surface area contributed by atoms with E-state index in [9.17, 15) is 30.7 Å². The molecule has 1 saturated heterocycles. The van der Waals surface area contributed by atoms with Gasteiger partial charge in [0, 0.05) is 31.7 Å². The van der Waals surface area contributed by atoms with E-state index < -0.39 is 36.1 Å². The summed E-state index contributed by atoms with van der Waals surface area (Å²) < 4.78 is 95.3. The van der Waals surface area contributed by atoms with E-state index in [0.717, 1.165) is 23.1 Å². The number of alkyl halides is 7. The Morgan fingerprint density at radius 1 is 1.00 bits per heavy atom. The molecule has 1 aliphatic heterocycles. The second kappa shape index (κ2) is 7.14. The zero-order valence-corrected chi connectivity index (χ0v) is 12.3. The van der Waals surface area contributed by atoms with Crippen molar-refractivity contribution in [3.05, 3.63) is 29.8 Å². The predicted molar refractivity (Wildman–Crippen MR) is 71.3 cm³/mol. The van der Waals surface area contributed by atoms with Crippen molar-refractivity contribution in [3.63, 3.8) is 0 Å². The van der Waals surface area contributed by atoms with Crippen LogP contribution in [0.1, 0.15) is 11.6 Å². The molecule has 1 aliphatic rings. The van der Waals surface area contributed by atoms with E-state index in [2.05, 4.69) is 10.1 Å². The summed E-state index contributed by atoms with van der Waals surface area (Å²) in [6.45, 7) is 0.652. The Kier molecular flexibility index (Phi) is 5.59. The van der Waals surface area contributed by atoms with Crippen LogP contribution in [0.5, 0.6) is 5.75 Å². The number of piperazine rings is 1. The molecule has 0 unspecified atom stereocenters. The number of rotatable bonds is 5. The molecule has 0 amide bonds. The molecule has 1 atom stereocenters. The minimum absolute atomic E-state index is 0.0315. The van der Waals surface area contributed by atoms with Crippen molar-refractivity contribution < 1.29 is 35.5 Å². The Morgan fingerprint density at radius 2 is 1.58 bits per heavy atom. The van der Waals surface area contributed by atoms with Crippen molar-refractivity contribution >= 4 is 0 Å². The number of hydrogen-bond acceptors (Lipinski definition) is 3. The molecule has 2 rings (SSSR count). The number of hydrogen-bond donors (Lipinski definition) is 1. The number of nitrogens with one attached hydrogen (secondary N) is 1. The standard InChI is InChI=1S/C14H15F7N2O/c15-12(16)14(20,21)24-10-4-2-1-3-9(10)11(13(17,18)19)23-7-5-22-6-8-23/h1-4,11-12,22H,5-8H2/t11-/m1/s1. The molecule has 0 bridgehead atoms. The molecule has 1 fully saturated rings. The van der Waals surface area contributed by atoms with Gasteiger partial charge in [0.15, 0.2) is 0 Å². The molecule has 136 valence electrons.